The standard InChI is InChI=1S/C18H23NO4/c1-5-9-14-12-16(21)13-15(10-7-6-8-11-20)19(14)17(22)23-18(2,3)4/h5,7,10-11,14-15H,1,9,12-13H2,2-4H3/b10-7-/t14-,15-/m1/s1. The summed E-state index contributed by atoms with van der Waals surface area (Å²) in [6, 6.07) is -0.714. The molecule has 0 spiro atoms. The van der Waals surface area contributed by atoms with Crippen LogP contribution >= 0.6 is 0 Å². The predicted molar refractivity (Wildman–Crippen MR) is 87.7 cm³/mol. The zero-order valence-corrected chi connectivity index (χ0v) is 13.9. The molecule has 0 aromatic heterocycles. The fourth-order valence-electron chi connectivity index (χ4n) is 2.44. The summed E-state index contributed by atoms with van der Waals surface area (Å²) in [5.74, 6) is 4.89. The van der Waals surface area contributed by atoms with Gasteiger partial charge < -0.3 is 4.74 Å². The van der Waals surface area contributed by atoms with Gasteiger partial charge in [0.05, 0.1) is 6.04 Å². The highest BCUT2D eigenvalue weighted by Crippen LogP contribution is 2.26. The number of hydrogen-bond donors (Lipinski definition) is 0. The van der Waals surface area contributed by atoms with E-state index in [0.717, 1.165) is 0 Å². The van der Waals surface area contributed by atoms with Crippen LogP contribution in [0.15, 0.2) is 24.8 Å². The van der Waals surface area contributed by atoms with Crippen molar-refractivity contribution in [3.8, 4) is 11.8 Å². The van der Waals surface area contributed by atoms with E-state index in [0.29, 0.717) is 12.7 Å². The van der Waals surface area contributed by atoms with Crippen molar-refractivity contribution in [2.45, 2.75) is 57.7 Å². The number of ketones is 1. The number of allylic oxidation sites excluding steroid dienone is 1. The second-order valence-corrected chi connectivity index (χ2v) is 6.35. The highest BCUT2D eigenvalue weighted by atomic mass is 16.6. The number of likely N-dealkylation sites (tertiary alicyclic amines) is 1. The van der Waals surface area contributed by atoms with Crippen LogP contribution in [-0.4, -0.2) is 40.7 Å². The van der Waals surface area contributed by atoms with Crippen LogP contribution in [0, 0.1) is 11.8 Å². The summed E-state index contributed by atoms with van der Waals surface area (Å²) in [5.41, 5.74) is -0.622. The normalized spacial score (nSPS) is 21.5. The second-order valence-electron chi connectivity index (χ2n) is 6.35. The molecule has 0 N–H and O–H groups in total. The molecule has 1 saturated heterocycles. The van der Waals surface area contributed by atoms with Crippen LogP contribution in [0.1, 0.15) is 40.0 Å². The van der Waals surface area contributed by atoms with Gasteiger partial charge in [-0.15, -0.1) is 6.58 Å². The molecule has 1 amide bonds. The number of amides is 1. The topological polar surface area (TPSA) is 63.7 Å². The fourth-order valence-corrected chi connectivity index (χ4v) is 2.44. The number of piperidine rings is 1. The molecule has 0 aromatic carbocycles. The molecule has 0 radical (unpaired) electrons. The number of carbonyl (C=O) groups excluding carboxylic acids is 3. The number of hydrogen-bond acceptors (Lipinski definition) is 4. The lowest BCUT2D eigenvalue weighted by Crippen LogP contribution is -2.53. The van der Waals surface area contributed by atoms with E-state index in [1.54, 1.807) is 37.8 Å². The molecular formula is C18H23NO4. The third-order valence-corrected chi connectivity index (χ3v) is 3.24. The van der Waals surface area contributed by atoms with Gasteiger partial charge in [-0.05, 0) is 39.2 Å². The molecule has 23 heavy (non-hydrogen) atoms. The Hall–Kier alpha value is -2.35. The average Bonchev–Trinajstić information content (AvgIpc) is 2.41. The molecule has 5 heteroatoms. The minimum absolute atomic E-state index is 0.0784. The minimum Gasteiger partial charge on any atom is -0.444 e. The zero-order chi connectivity index (χ0) is 17.5. The molecular weight excluding hydrogens is 294 g/mol. The summed E-state index contributed by atoms with van der Waals surface area (Å²) in [7, 11) is 0. The predicted octanol–water partition coefficient (Wildman–Crippen LogP) is 2.66. The van der Waals surface area contributed by atoms with Gasteiger partial charge in [-0.2, -0.15) is 0 Å². The summed E-state index contributed by atoms with van der Waals surface area (Å²) in [6.45, 7) is 9.07. The van der Waals surface area contributed by atoms with Gasteiger partial charge >= 0.3 is 6.09 Å². The smallest absolute Gasteiger partial charge is 0.411 e. The van der Waals surface area contributed by atoms with Crippen molar-refractivity contribution in [1.29, 1.82) is 0 Å². The Labute approximate surface area is 137 Å². The van der Waals surface area contributed by atoms with Crippen LogP contribution < -0.4 is 0 Å². The maximum absolute atomic E-state index is 12.5. The third-order valence-electron chi connectivity index (χ3n) is 3.24. The van der Waals surface area contributed by atoms with Crippen molar-refractivity contribution in [2.75, 3.05) is 0 Å². The number of nitrogens with zero attached hydrogens (tertiary/aromatic N) is 1. The highest BCUT2D eigenvalue weighted by molar-refractivity contribution is 5.83. The van der Waals surface area contributed by atoms with E-state index in [1.807, 2.05) is 0 Å². The number of carbonyl (C=O) groups is 3. The van der Waals surface area contributed by atoms with Gasteiger partial charge in [0.15, 0.2) is 6.29 Å². The Kier molecular flexibility index (Phi) is 6.77. The number of rotatable bonds is 3. The third kappa shape index (κ3) is 6.11. The largest absolute Gasteiger partial charge is 0.444 e. The maximum atomic E-state index is 12.5. The Morgan fingerprint density at radius 1 is 1.39 bits per heavy atom. The van der Waals surface area contributed by atoms with E-state index in [-0.39, 0.29) is 24.7 Å². The quantitative estimate of drug-likeness (QED) is 0.456. The molecule has 0 aliphatic carbocycles. The molecule has 1 fully saturated rings. The van der Waals surface area contributed by atoms with Gasteiger partial charge in [0.1, 0.15) is 11.4 Å². The Bertz CT molecular complexity index is 560. The molecule has 1 aliphatic heterocycles. The second kappa shape index (κ2) is 8.33. The lowest BCUT2D eigenvalue weighted by molar-refractivity contribution is -0.124. The van der Waals surface area contributed by atoms with Gasteiger partial charge in [0, 0.05) is 18.9 Å². The number of Topliss-reactive ketones (excluding diaryl/α,β-unsaturated/α-hetero) is 1. The SMILES string of the molecule is C=CC[C@@H]1CC(=O)C[C@@H](/C=C\C#CC=O)N1C(=O)OC(C)(C)C. The van der Waals surface area contributed by atoms with Crippen molar-refractivity contribution in [1.82, 2.24) is 4.90 Å². The van der Waals surface area contributed by atoms with Crippen LogP contribution in [0.2, 0.25) is 0 Å². The summed E-state index contributed by atoms with van der Waals surface area (Å²) in [5, 5.41) is 0. The van der Waals surface area contributed by atoms with E-state index < -0.39 is 17.7 Å². The highest BCUT2D eigenvalue weighted by Gasteiger charge is 2.38. The Morgan fingerprint density at radius 2 is 2.09 bits per heavy atom. The molecule has 0 saturated carbocycles. The first-order chi connectivity index (χ1) is 10.8. The van der Waals surface area contributed by atoms with Crippen molar-refractivity contribution < 1.29 is 19.1 Å². The van der Waals surface area contributed by atoms with Crippen LogP contribution in [0.3, 0.4) is 0 Å². The molecule has 124 valence electrons. The summed E-state index contributed by atoms with van der Waals surface area (Å²) in [6.07, 6.45) is 5.87. The van der Waals surface area contributed by atoms with Crippen molar-refractivity contribution in [3.05, 3.63) is 24.8 Å². The summed E-state index contributed by atoms with van der Waals surface area (Å²) >= 11 is 0. The molecule has 1 aliphatic rings. The average molecular weight is 317 g/mol. The molecule has 5 nitrogen and oxygen atoms in total. The van der Waals surface area contributed by atoms with E-state index in [9.17, 15) is 14.4 Å². The molecule has 0 bridgehead atoms. The van der Waals surface area contributed by atoms with E-state index in [2.05, 4.69) is 18.4 Å². The van der Waals surface area contributed by atoms with Crippen molar-refractivity contribution >= 4 is 18.2 Å². The lowest BCUT2D eigenvalue weighted by Gasteiger charge is -2.40. The van der Waals surface area contributed by atoms with Crippen LogP contribution in [0.4, 0.5) is 4.79 Å². The molecule has 1 rings (SSSR count). The number of aldehydes is 1. The van der Waals surface area contributed by atoms with Crippen LogP contribution in [0.25, 0.3) is 0 Å². The first-order valence-corrected chi connectivity index (χ1v) is 7.53. The van der Waals surface area contributed by atoms with Gasteiger partial charge in [0.25, 0.3) is 0 Å². The Morgan fingerprint density at radius 3 is 2.65 bits per heavy atom. The van der Waals surface area contributed by atoms with E-state index in [1.165, 1.54) is 6.08 Å². The Balaban J connectivity index is 3.06. The van der Waals surface area contributed by atoms with E-state index >= 15 is 0 Å². The molecule has 0 aromatic rings. The number of ether oxygens (including phenoxy) is 1. The van der Waals surface area contributed by atoms with Gasteiger partial charge in [-0.25, -0.2) is 4.79 Å². The monoisotopic (exact) mass is 317 g/mol. The molecule has 2 atom stereocenters. The van der Waals surface area contributed by atoms with Crippen LogP contribution in [0.5, 0.6) is 0 Å². The maximum Gasteiger partial charge on any atom is 0.411 e. The molecule has 1 heterocycles. The van der Waals surface area contributed by atoms with Gasteiger partial charge in [-0.3, -0.25) is 14.5 Å². The fraction of sp³-hybridized carbons (Fsp3) is 0.500. The van der Waals surface area contributed by atoms with Gasteiger partial charge in [0.2, 0.25) is 0 Å². The molecule has 0 unspecified atom stereocenters. The summed E-state index contributed by atoms with van der Waals surface area (Å²) in [4.78, 5) is 36.3. The zero-order valence-electron chi connectivity index (χ0n) is 13.9. The van der Waals surface area contributed by atoms with Crippen molar-refractivity contribution in [3.63, 3.8) is 0 Å². The van der Waals surface area contributed by atoms with Gasteiger partial charge in [-0.1, -0.05) is 18.1 Å². The van der Waals surface area contributed by atoms with Crippen LogP contribution in [-0.2, 0) is 14.3 Å². The first kappa shape index (κ1) is 18.7. The minimum atomic E-state index is -0.622. The lowest BCUT2D eigenvalue weighted by atomic mass is 9.92. The summed E-state index contributed by atoms with van der Waals surface area (Å²) < 4.78 is 5.46. The van der Waals surface area contributed by atoms with Crippen molar-refractivity contribution in [2.24, 2.45) is 0 Å². The van der Waals surface area contributed by atoms with E-state index in [4.69, 9.17) is 4.74 Å². The first-order valence-electron chi connectivity index (χ1n) is 7.53.